The lowest BCUT2D eigenvalue weighted by molar-refractivity contribution is -0.132. The lowest BCUT2D eigenvalue weighted by atomic mass is 10.0. The van der Waals surface area contributed by atoms with Gasteiger partial charge in [0.1, 0.15) is 34.0 Å². The van der Waals surface area contributed by atoms with Crippen LogP contribution in [0.5, 0.6) is 11.5 Å². The molecule has 2 saturated heterocycles. The first-order chi connectivity index (χ1) is 23.4. The highest BCUT2D eigenvalue weighted by atomic mass is 32.2. The number of ether oxygens (including phenoxy) is 1. The molecule has 2 aromatic heterocycles. The summed E-state index contributed by atoms with van der Waals surface area (Å²) < 4.78 is 60.9. The Morgan fingerprint density at radius 2 is 1.71 bits per heavy atom. The van der Waals surface area contributed by atoms with Crippen LogP contribution in [0.4, 0.5) is 36.6 Å². The van der Waals surface area contributed by atoms with E-state index in [-0.39, 0.29) is 40.4 Å². The van der Waals surface area contributed by atoms with Gasteiger partial charge in [-0.15, -0.1) is 0 Å². The van der Waals surface area contributed by atoms with Gasteiger partial charge in [-0.3, -0.25) is 9.59 Å². The molecule has 0 spiro atoms. The summed E-state index contributed by atoms with van der Waals surface area (Å²) in [6.45, 7) is 4.24. The molecule has 0 aliphatic carbocycles. The molecule has 16 heteroatoms. The fourth-order valence-electron chi connectivity index (χ4n) is 5.16. The van der Waals surface area contributed by atoms with Crippen LogP contribution in [0.25, 0.3) is 0 Å². The zero-order valence-corrected chi connectivity index (χ0v) is 27.2. The predicted molar refractivity (Wildman–Crippen MR) is 175 cm³/mol. The van der Waals surface area contributed by atoms with Crippen molar-refractivity contribution < 1.29 is 36.3 Å². The molecule has 0 radical (unpaired) electrons. The number of anilines is 4. The monoisotopic (exact) mass is 691 g/mol. The number of carbonyl (C=O) groups excluding carboxylic acids is 3. The van der Waals surface area contributed by atoms with Crippen molar-refractivity contribution in [2.45, 2.75) is 31.2 Å². The van der Waals surface area contributed by atoms with E-state index in [0.717, 1.165) is 29.5 Å². The number of pyridine rings is 2. The number of hydrogen-bond donors (Lipinski definition) is 2. The normalized spacial score (nSPS) is 16.8. The number of imide groups is 1. The Balaban J connectivity index is 1.12. The molecule has 13 nitrogen and oxygen atoms in total. The first-order valence-electron chi connectivity index (χ1n) is 15.3. The lowest BCUT2D eigenvalue weighted by Gasteiger charge is -2.39. The molecule has 4 heterocycles. The van der Waals surface area contributed by atoms with E-state index in [1.54, 1.807) is 13.8 Å². The highest BCUT2D eigenvalue weighted by Gasteiger charge is 2.44. The second-order valence-electron chi connectivity index (χ2n) is 11.6. The Labute approximate surface area is 280 Å². The number of benzene rings is 2. The van der Waals surface area contributed by atoms with Crippen LogP contribution in [0, 0.1) is 17.6 Å². The van der Waals surface area contributed by atoms with Gasteiger partial charge in [-0.2, -0.15) is 4.31 Å². The summed E-state index contributed by atoms with van der Waals surface area (Å²) in [6, 6.07) is 13.4. The van der Waals surface area contributed by atoms with Crippen molar-refractivity contribution in [2.24, 2.45) is 5.92 Å². The van der Waals surface area contributed by atoms with Crippen LogP contribution >= 0.6 is 0 Å². The van der Waals surface area contributed by atoms with Gasteiger partial charge in [0.15, 0.2) is 11.6 Å². The number of urea groups is 1. The van der Waals surface area contributed by atoms with Gasteiger partial charge < -0.3 is 20.3 Å². The van der Waals surface area contributed by atoms with E-state index < -0.39 is 45.4 Å². The highest BCUT2D eigenvalue weighted by molar-refractivity contribution is 7.89. The van der Waals surface area contributed by atoms with E-state index >= 15 is 4.39 Å². The van der Waals surface area contributed by atoms with Crippen LogP contribution < -0.4 is 20.3 Å². The lowest BCUT2D eigenvalue weighted by Crippen LogP contribution is -2.61. The van der Waals surface area contributed by atoms with E-state index in [2.05, 4.69) is 20.6 Å². The summed E-state index contributed by atoms with van der Waals surface area (Å²) in [5.74, 6) is -3.55. The van der Waals surface area contributed by atoms with Crippen molar-refractivity contribution in [2.75, 3.05) is 35.2 Å². The summed E-state index contributed by atoms with van der Waals surface area (Å²) in [5, 5.41) is 5.50. The Bertz CT molecular complexity index is 2010. The molecule has 254 valence electrons. The molecular formula is C33H31F2N7O6S. The van der Waals surface area contributed by atoms with Crippen LogP contribution in [0.15, 0.2) is 84.0 Å². The van der Waals surface area contributed by atoms with Gasteiger partial charge in [-0.1, -0.05) is 0 Å². The number of carbonyl (C=O) groups is 3. The number of aromatic nitrogens is 2. The van der Waals surface area contributed by atoms with E-state index in [1.807, 2.05) is 0 Å². The maximum atomic E-state index is 15.2. The molecule has 0 saturated carbocycles. The molecule has 2 N–H and O–H groups in total. The summed E-state index contributed by atoms with van der Waals surface area (Å²) in [6.07, 6.45) is 3.51. The molecule has 2 aliphatic rings. The molecule has 6 rings (SSSR count). The third kappa shape index (κ3) is 7.05. The zero-order chi connectivity index (χ0) is 34.9. The van der Waals surface area contributed by atoms with Crippen molar-refractivity contribution >= 4 is 50.9 Å². The number of nitrogens with zero attached hydrogens (tertiary/aromatic N) is 5. The number of nitrogens with one attached hydrogen (secondary N) is 2. The minimum atomic E-state index is -3.57. The quantitative estimate of drug-likeness (QED) is 0.216. The van der Waals surface area contributed by atoms with Crippen molar-refractivity contribution in [1.82, 2.24) is 19.2 Å². The summed E-state index contributed by atoms with van der Waals surface area (Å²) >= 11 is 0. The number of halogens is 2. The molecule has 2 aliphatic heterocycles. The molecule has 1 atom stereocenters. The Hall–Kier alpha value is -5.48. The van der Waals surface area contributed by atoms with Crippen LogP contribution in [0.1, 0.15) is 20.3 Å². The fraction of sp³-hybridized carbons (Fsp3) is 0.242. The maximum absolute atomic E-state index is 15.2. The van der Waals surface area contributed by atoms with Gasteiger partial charge in [0, 0.05) is 55.9 Å². The minimum Gasteiger partial charge on any atom is -0.454 e. The van der Waals surface area contributed by atoms with Crippen molar-refractivity contribution in [3.63, 3.8) is 0 Å². The van der Waals surface area contributed by atoms with E-state index in [0.29, 0.717) is 24.7 Å². The van der Waals surface area contributed by atoms with Crippen LogP contribution in [-0.2, 0) is 19.6 Å². The van der Waals surface area contributed by atoms with Crippen molar-refractivity contribution in [1.29, 1.82) is 0 Å². The Kier molecular flexibility index (Phi) is 9.25. The second-order valence-corrected chi connectivity index (χ2v) is 13.5. The summed E-state index contributed by atoms with van der Waals surface area (Å²) in [7, 11) is -3.57. The number of amides is 4. The fourth-order valence-corrected chi connectivity index (χ4v) is 6.62. The molecule has 1 unspecified atom stereocenters. The van der Waals surface area contributed by atoms with Crippen LogP contribution in [0.2, 0.25) is 0 Å². The van der Waals surface area contributed by atoms with Crippen LogP contribution in [0.3, 0.4) is 0 Å². The molecule has 4 amide bonds. The summed E-state index contributed by atoms with van der Waals surface area (Å²) in [5.41, 5.74) is 0.162. The number of rotatable bonds is 10. The minimum absolute atomic E-state index is 0.0479. The third-order valence-electron chi connectivity index (χ3n) is 7.96. The average Bonchev–Trinajstić information content (AvgIpc) is 3.02. The third-order valence-corrected chi connectivity index (χ3v) is 9.85. The van der Waals surface area contributed by atoms with Crippen molar-refractivity contribution in [3.8, 4) is 11.5 Å². The second kappa shape index (κ2) is 13.6. The molecule has 0 bridgehead atoms. The zero-order valence-electron chi connectivity index (χ0n) is 26.3. The molecule has 2 fully saturated rings. The highest BCUT2D eigenvalue weighted by Crippen LogP contribution is 2.30. The Morgan fingerprint density at radius 1 is 0.959 bits per heavy atom. The summed E-state index contributed by atoms with van der Waals surface area (Å²) in [4.78, 5) is 50.5. The number of hydrogen-bond acceptors (Lipinski definition) is 9. The van der Waals surface area contributed by atoms with E-state index in [1.165, 1.54) is 70.1 Å². The first kappa shape index (κ1) is 33.4. The number of sulfonamides is 1. The molecule has 2 aromatic carbocycles. The van der Waals surface area contributed by atoms with Gasteiger partial charge in [-0.05, 0) is 74.9 Å². The van der Waals surface area contributed by atoms with E-state index in [4.69, 9.17) is 4.74 Å². The smallest absolute Gasteiger partial charge is 0.331 e. The predicted octanol–water partition coefficient (Wildman–Crippen LogP) is 5.12. The van der Waals surface area contributed by atoms with Crippen molar-refractivity contribution in [3.05, 3.63) is 90.8 Å². The van der Waals surface area contributed by atoms with Gasteiger partial charge in [0.25, 0.3) is 0 Å². The van der Waals surface area contributed by atoms with Gasteiger partial charge in [0.05, 0.1) is 5.69 Å². The van der Waals surface area contributed by atoms with Crippen LogP contribution in [-0.4, -0.2) is 71.1 Å². The van der Waals surface area contributed by atoms with Gasteiger partial charge in [-0.25, -0.2) is 36.9 Å². The SMILES string of the molecule is CC(C)N1CC(C(=O)Nc2ccc(Oc3ccnc(Nc4ccc(S(=O)(=O)N5CCC5)cn4)c3)c(F)c2)C(=O)N(c2ccc(F)cc2)C1=O. The molecule has 49 heavy (non-hydrogen) atoms. The average molecular weight is 692 g/mol. The molecular weight excluding hydrogens is 660 g/mol. The molecule has 4 aromatic rings. The largest absolute Gasteiger partial charge is 0.454 e. The topological polar surface area (TPSA) is 154 Å². The van der Waals surface area contributed by atoms with E-state index in [9.17, 15) is 27.2 Å². The van der Waals surface area contributed by atoms with Gasteiger partial charge >= 0.3 is 6.03 Å². The Morgan fingerprint density at radius 3 is 2.35 bits per heavy atom. The maximum Gasteiger partial charge on any atom is 0.331 e. The standard InChI is InChI=1S/C33H31F2N7O6S/c1-20(2)41-19-26(32(44)42(33(41)45)23-7-4-21(34)5-8-23)31(43)38-22-6-10-28(27(35)16-22)48-24-12-13-36-30(17-24)39-29-11-9-25(18-37-29)49(46,47)40-14-3-15-40/h4-13,16-18,20,26H,3,14-15,19H2,1-2H3,(H,38,43)(H,36,37,39). The first-order valence-corrected chi connectivity index (χ1v) is 16.7. The van der Waals surface area contributed by atoms with Gasteiger partial charge in [0.2, 0.25) is 21.8 Å².